The van der Waals surface area contributed by atoms with E-state index < -0.39 is 0 Å². The van der Waals surface area contributed by atoms with Crippen molar-refractivity contribution in [1.82, 2.24) is 4.98 Å². The first-order valence-corrected chi connectivity index (χ1v) is 5.57. The number of aromatic nitrogens is 1. The lowest BCUT2D eigenvalue weighted by atomic mass is 10.3. The van der Waals surface area contributed by atoms with Gasteiger partial charge in [0.2, 0.25) is 0 Å². The van der Waals surface area contributed by atoms with Crippen LogP contribution in [0.1, 0.15) is 12.0 Å². The summed E-state index contributed by atoms with van der Waals surface area (Å²) in [5.41, 5.74) is 2.05. The molecule has 0 unspecified atom stereocenters. The van der Waals surface area contributed by atoms with Crippen molar-refractivity contribution in [3.63, 3.8) is 0 Å². The van der Waals surface area contributed by atoms with Crippen LogP contribution in [0.15, 0.2) is 18.5 Å². The Morgan fingerprint density at radius 2 is 2.40 bits per heavy atom. The van der Waals surface area contributed by atoms with E-state index in [4.69, 9.17) is 0 Å². The molecule has 0 radical (unpaired) electrons. The molecule has 0 saturated carbocycles. The number of ether oxygens (including phenoxy) is 1. The van der Waals surface area contributed by atoms with Gasteiger partial charge in [0.1, 0.15) is 0 Å². The average Bonchev–Trinajstić information content (AvgIpc) is 2.24. The molecule has 0 aromatic carbocycles. The van der Waals surface area contributed by atoms with E-state index >= 15 is 0 Å². The molecular weight excluding hydrogens is 212 g/mol. The maximum Gasteiger partial charge on any atom is 0.306 e. The second-order valence-corrected chi connectivity index (χ2v) is 3.93. The van der Waals surface area contributed by atoms with Crippen LogP contribution in [-0.4, -0.2) is 23.8 Å². The number of rotatable bonds is 5. The van der Waals surface area contributed by atoms with Gasteiger partial charge in [-0.05, 0) is 18.6 Å². The predicted octanol–water partition coefficient (Wildman–Crippen LogP) is 2.01. The second kappa shape index (κ2) is 6.29. The number of hydrogen-bond donors (Lipinski definition) is 1. The Morgan fingerprint density at radius 3 is 3.07 bits per heavy atom. The Kier molecular flexibility index (Phi) is 4.97. The highest BCUT2D eigenvalue weighted by atomic mass is 32.2. The fourth-order valence-electron chi connectivity index (χ4n) is 0.982. The average molecular weight is 226 g/mol. The van der Waals surface area contributed by atoms with Gasteiger partial charge in [-0.2, -0.15) is 0 Å². The molecule has 1 N–H and O–H groups in total. The van der Waals surface area contributed by atoms with E-state index in [-0.39, 0.29) is 5.97 Å². The van der Waals surface area contributed by atoms with E-state index in [2.05, 4.69) is 14.4 Å². The van der Waals surface area contributed by atoms with Gasteiger partial charge in [-0.25, -0.2) is 0 Å². The van der Waals surface area contributed by atoms with Crippen LogP contribution in [0.25, 0.3) is 0 Å². The zero-order valence-electron chi connectivity index (χ0n) is 8.82. The van der Waals surface area contributed by atoms with Gasteiger partial charge in [-0.3, -0.25) is 9.78 Å². The first-order chi connectivity index (χ1) is 7.22. The smallest absolute Gasteiger partial charge is 0.306 e. The topological polar surface area (TPSA) is 51.2 Å². The molecule has 5 heteroatoms. The number of nitrogens with one attached hydrogen (secondary N) is 1. The maximum absolute atomic E-state index is 10.8. The molecule has 82 valence electrons. The van der Waals surface area contributed by atoms with Gasteiger partial charge < -0.3 is 9.46 Å². The lowest BCUT2D eigenvalue weighted by Gasteiger charge is -2.04. The predicted molar refractivity (Wildman–Crippen MR) is 61.7 cm³/mol. The van der Waals surface area contributed by atoms with Gasteiger partial charge in [-0.1, -0.05) is 11.9 Å². The Morgan fingerprint density at radius 1 is 1.60 bits per heavy atom. The highest BCUT2D eigenvalue weighted by Gasteiger charge is 1.99. The van der Waals surface area contributed by atoms with Crippen molar-refractivity contribution < 1.29 is 9.53 Å². The minimum absolute atomic E-state index is 0.188. The van der Waals surface area contributed by atoms with Gasteiger partial charge in [0.15, 0.2) is 0 Å². The molecule has 1 aromatic rings. The van der Waals surface area contributed by atoms with Crippen molar-refractivity contribution in [3.05, 3.63) is 24.0 Å². The van der Waals surface area contributed by atoms with Crippen LogP contribution >= 0.6 is 11.9 Å². The van der Waals surface area contributed by atoms with Crippen molar-refractivity contribution in [2.45, 2.75) is 13.3 Å². The zero-order valence-corrected chi connectivity index (χ0v) is 9.63. The summed E-state index contributed by atoms with van der Waals surface area (Å²) in [6, 6.07) is 2.00. The highest BCUT2D eigenvalue weighted by molar-refractivity contribution is 8.00. The number of carbonyl (C=O) groups excluding carboxylic acids is 1. The van der Waals surface area contributed by atoms with Crippen molar-refractivity contribution >= 4 is 23.6 Å². The Hall–Kier alpha value is -1.23. The van der Waals surface area contributed by atoms with Crippen LogP contribution in [0.3, 0.4) is 0 Å². The van der Waals surface area contributed by atoms with Gasteiger partial charge in [-0.15, -0.1) is 0 Å². The molecule has 0 atom stereocenters. The van der Waals surface area contributed by atoms with Crippen LogP contribution in [0.5, 0.6) is 0 Å². The van der Waals surface area contributed by atoms with E-state index in [1.165, 1.54) is 19.1 Å². The van der Waals surface area contributed by atoms with E-state index in [9.17, 15) is 4.79 Å². The van der Waals surface area contributed by atoms with E-state index in [1.807, 2.05) is 13.0 Å². The minimum Gasteiger partial charge on any atom is -0.469 e. The fourth-order valence-corrected chi connectivity index (χ4v) is 1.63. The summed E-state index contributed by atoms with van der Waals surface area (Å²) in [5.74, 6) is 0.493. The Labute approximate surface area is 93.6 Å². The summed E-state index contributed by atoms with van der Waals surface area (Å²) in [5, 5.41) is 0. The van der Waals surface area contributed by atoms with Crippen LogP contribution in [0.4, 0.5) is 5.69 Å². The summed E-state index contributed by atoms with van der Waals surface area (Å²) >= 11 is 1.47. The molecule has 0 fully saturated rings. The summed E-state index contributed by atoms with van der Waals surface area (Å²) in [6.45, 7) is 1.98. The number of hydrogen-bond acceptors (Lipinski definition) is 5. The standard InChI is InChI=1S/C10H14N2O2S/c1-8-5-9(7-11-6-8)12-15-4-3-10(13)14-2/h5-7,12H,3-4H2,1-2H3. The molecule has 0 aliphatic heterocycles. The van der Waals surface area contributed by atoms with Crippen LogP contribution in [0.2, 0.25) is 0 Å². The zero-order chi connectivity index (χ0) is 11.1. The summed E-state index contributed by atoms with van der Waals surface area (Å²) < 4.78 is 7.64. The van der Waals surface area contributed by atoms with Crippen LogP contribution < -0.4 is 4.72 Å². The van der Waals surface area contributed by atoms with Crippen molar-refractivity contribution in [2.24, 2.45) is 0 Å². The third kappa shape index (κ3) is 4.69. The summed E-state index contributed by atoms with van der Waals surface area (Å²) in [4.78, 5) is 14.8. The second-order valence-electron chi connectivity index (χ2n) is 3.03. The number of esters is 1. The fraction of sp³-hybridized carbons (Fsp3) is 0.400. The number of anilines is 1. The van der Waals surface area contributed by atoms with Gasteiger partial charge in [0, 0.05) is 11.9 Å². The molecule has 4 nitrogen and oxygen atoms in total. The van der Waals surface area contributed by atoms with Gasteiger partial charge in [0.25, 0.3) is 0 Å². The maximum atomic E-state index is 10.8. The quantitative estimate of drug-likeness (QED) is 0.473. The minimum atomic E-state index is -0.188. The van der Waals surface area contributed by atoms with Crippen LogP contribution in [-0.2, 0) is 9.53 Å². The molecule has 0 saturated heterocycles. The SMILES string of the molecule is COC(=O)CCSNc1cncc(C)c1. The van der Waals surface area contributed by atoms with Crippen molar-refractivity contribution in [3.8, 4) is 0 Å². The first-order valence-electron chi connectivity index (χ1n) is 4.58. The highest BCUT2D eigenvalue weighted by Crippen LogP contribution is 2.13. The monoisotopic (exact) mass is 226 g/mol. The van der Waals surface area contributed by atoms with Crippen molar-refractivity contribution in [2.75, 3.05) is 17.6 Å². The molecule has 0 spiro atoms. The first kappa shape index (κ1) is 11.8. The third-order valence-corrected chi connectivity index (χ3v) is 2.49. The Balaban J connectivity index is 2.23. The molecular formula is C10H14N2O2S. The molecule has 0 bridgehead atoms. The lowest BCUT2D eigenvalue weighted by molar-refractivity contribution is -0.140. The molecule has 1 aromatic heterocycles. The molecule has 0 amide bonds. The van der Waals surface area contributed by atoms with E-state index in [0.717, 1.165) is 11.3 Å². The van der Waals surface area contributed by atoms with E-state index in [1.54, 1.807) is 12.4 Å². The summed E-state index contributed by atoms with van der Waals surface area (Å²) in [7, 11) is 1.39. The van der Waals surface area contributed by atoms with Crippen LogP contribution in [0, 0.1) is 6.92 Å². The number of aryl methyl sites for hydroxylation is 1. The molecule has 0 aliphatic rings. The normalized spacial score (nSPS) is 9.73. The van der Waals surface area contributed by atoms with Gasteiger partial charge in [0.05, 0.1) is 25.4 Å². The number of pyridine rings is 1. The Bertz CT molecular complexity index is 331. The largest absolute Gasteiger partial charge is 0.469 e. The van der Waals surface area contributed by atoms with Crippen molar-refractivity contribution in [1.29, 1.82) is 0 Å². The molecule has 0 aliphatic carbocycles. The lowest BCUT2D eigenvalue weighted by Crippen LogP contribution is -2.02. The molecule has 15 heavy (non-hydrogen) atoms. The number of methoxy groups -OCH3 is 1. The van der Waals surface area contributed by atoms with E-state index in [0.29, 0.717) is 12.2 Å². The van der Waals surface area contributed by atoms with Gasteiger partial charge >= 0.3 is 5.97 Å². The number of nitrogens with zero attached hydrogens (tertiary/aromatic N) is 1. The number of carbonyl (C=O) groups is 1. The summed E-state index contributed by atoms with van der Waals surface area (Å²) in [6.07, 6.45) is 3.95. The molecule has 1 rings (SSSR count). The molecule has 1 heterocycles. The third-order valence-electron chi connectivity index (χ3n) is 1.70.